The molecule has 0 spiro atoms. The van der Waals surface area contributed by atoms with Crippen LogP contribution in [0.2, 0.25) is 0 Å². The molecule has 0 saturated carbocycles. The SMILES string of the molecule is CON=C(C(=O)NC1C(=O)N(S(=O)(=O)[O-])C1(C)C)c1csc(NC(=O)CCl)n1.[Na+]. The number of thiazole rings is 1. The molecule has 0 radical (unpaired) electrons. The summed E-state index contributed by atoms with van der Waals surface area (Å²) in [6.45, 7) is 2.62. The van der Waals surface area contributed by atoms with Gasteiger partial charge in [0.1, 0.15) is 24.7 Å². The number of oxime groups is 1. The van der Waals surface area contributed by atoms with Crippen LogP contribution in [0.1, 0.15) is 19.5 Å². The molecule has 1 saturated heterocycles. The van der Waals surface area contributed by atoms with E-state index in [-0.39, 0.29) is 56.3 Å². The van der Waals surface area contributed by atoms with Crippen molar-refractivity contribution >= 4 is 61.8 Å². The Balaban J connectivity index is 0.00000420. The van der Waals surface area contributed by atoms with Crippen LogP contribution >= 0.6 is 22.9 Å². The fourth-order valence-corrected chi connectivity index (χ4v) is 4.26. The number of rotatable bonds is 7. The second-order valence-electron chi connectivity index (χ2n) is 5.96. The standard InChI is InChI=1S/C13H16ClN5O7S2.Na/c1-13(2)9(11(22)19(13)28(23,24)25)17-10(21)8(18-26-3)6-5-27-12(15-6)16-7(20)4-14;/h5,9H,4H2,1-3H3,(H,17,21)(H,15,16,20)(H,23,24,25);/q;+1/p-1. The van der Waals surface area contributed by atoms with Crippen LogP contribution in [-0.4, -0.2) is 70.3 Å². The number of carbonyl (C=O) groups is 3. The van der Waals surface area contributed by atoms with Crippen molar-refractivity contribution in [1.29, 1.82) is 0 Å². The van der Waals surface area contributed by atoms with Gasteiger partial charge in [-0.1, -0.05) is 5.16 Å². The summed E-state index contributed by atoms with van der Waals surface area (Å²) in [6.07, 6.45) is 0. The monoisotopic (exact) mass is 475 g/mol. The zero-order valence-electron chi connectivity index (χ0n) is 15.8. The Kier molecular flexibility index (Phi) is 8.59. The second-order valence-corrected chi connectivity index (χ2v) is 8.31. The molecular formula is C13H15ClN5NaO7S2. The van der Waals surface area contributed by atoms with Crippen molar-refractivity contribution in [2.24, 2.45) is 5.16 Å². The molecule has 2 rings (SSSR count). The van der Waals surface area contributed by atoms with Crippen LogP contribution in [0.25, 0.3) is 0 Å². The van der Waals surface area contributed by atoms with E-state index >= 15 is 0 Å². The molecule has 1 aromatic rings. The largest absolute Gasteiger partial charge is 1.00 e. The van der Waals surface area contributed by atoms with Gasteiger partial charge in [0.2, 0.25) is 5.91 Å². The molecule has 16 heteroatoms. The average molecular weight is 476 g/mol. The van der Waals surface area contributed by atoms with Crippen LogP contribution in [0, 0.1) is 0 Å². The Hall–Kier alpha value is -1.29. The number of amides is 3. The van der Waals surface area contributed by atoms with Gasteiger partial charge in [0, 0.05) is 5.38 Å². The van der Waals surface area contributed by atoms with Crippen LogP contribution in [-0.2, 0) is 29.5 Å². The first kappa shape index (κ1) is 25.7. The number of aromatic nitrogens is 1. The third kappa shape index (κ3) is 5.45. The summed E-state index contributed by atoms with van der Waals surface area (Å²) < 4.78 is 33.7. The molecule has 1 fully saturated rings. The van der Waals surface area contributed by atoms with E-state index in [0.717, 1.165) is 11.3 Å². The van der Waals surface area contributed by atoms with E-state index in [2.05, 4.69) is 25.6 Å². The van der Waals surface area contributed by atoms with E-state index in [9.17, 15) is 27.4 Å². The first-order chi connectivity index (χ1) is 12.9. The third-order valence-electron chi connectivity index (χ3n) is 3.69. The van der Waals surface area contributed by atoms with Crippen LogP contribution in [0.3, 0.4) is 0 Å². The maximum Gasteiger partial charge on any atom is 1.00 e. The predicted molar refractivity (Wildman–Crippen MR) is 97.6 cm³/mol. The van der Waals surface area contributed by atoms with Gasteiger partial charge >= 0.3 is 29.6 Å². The number of halogens is 1. The zero-order chi connectivity index (χ0) is 21.3. The van der Waals surface area contributed by atoms with Crippen molar-refractivity contribution in [2.45, 2.75) is 25.4 Å². The molecule has 1 unspecified atom stereocenters. The number of β-lactam (4-membered cyclic amide) rings is 1. The number of anilines is 1. The van der Waals surface area contributed by atoms with Crippen molar-refractivity contribution < 1.29 is 61.7 Å². The van der Waals surface area contributed by atoms with Crippen molar-refractivity contribution in [2.75, 3.05) is 18.3 Å². The number of nitrogens with one attached hydrogen (secondary N) is 2. The summed E-state index contributed by atoms with van der Waals surface area (Å²) in [5, 5.41) is 9.84. The summed E-state index contributed by atoms with van der Waals surface area (Å²) in [5.41, 5.74) is -1.75. The normalized spacial score (nSPS) is 18.4. The Morgan fingerprint density at radius 1 is 1.48 bits per heavy atom. The van der Waals surface area contributed by atoms with Crippen molar-refractivity contribution in [3.63, 3.8) is 0 Å². The third-order valence-corrected chi connectivity index (χ3v) is 5.79. The number of hydrogen-bond donors (Lipinski definition) is 2. The maximum absolute atomic E-state index is 12.6. The smallest absolute Gasteiger partial charge is 0.731 e. The van der Waals surface area contributed by atoms with Gasteiger partial charge in [0.15, 0.2) is 21.1 Å². The van der Waals surface area contributed by atoms with Crippen LogP contribution in [0.5, 0.6) is 0 Å². The minimum atomic E-state index is -5.02. The van der Waals surface area contributed by atoms with E-state index in [4.69, 9.17) is 11.6 Å². The Morgan fingerprint density at radius 2 is 2.10 bits per heavy atom. The van der Waals surface area contributed by atoms with Crippen LogP contribution in [0.15, 0.2) is 10.5 Å². The van der Waals surface area contributed by atoms with E-state index in [1.807, 2.05) is 0 Å². The van der Waals surface area contributed by atoms with Gasteiger partial charge in [-0.3, -0.25) is 14.4 Å². The molecule has 0 aromatic carbocycles. The fourth-order valence-electron chi connectivity index (χ4n) is 2.48. The molecule has 2 heterocycles. The number of hydrogen-bond acceptors (Lipinski definition) is 10. The molecule has 1 aliphatic rings. The van der Waals surface area contributed by atoms with E-state index in [1.54, 1.807) is 0 Å². The van der Waals surface area contributed by atoms with Crippen molar-refractivity contribution in [3.8, 4) is 0 Å². The predicted octanol–water partition coefficient (Wildman–Crippen LogP) is -3.76. The van der Waals surface area contributed by atoms with E-state index < -0.39 is 39.6 Å². The van der Waals surface area contributed by atoms with Gasteiger partial charge in [-0.25, -0.2) is 17.7 Å². The zero-order valence-corrected chi connectivity index (χ0v) is 20.1. The van der Waals surface area contributed by atoms with Gasteiger partial charge < -0.3 is 20.0 Å². The molecule has 2 N–H and O–H groups in total. The van der Waals surface area contributed by atoms with Crippen molar-refractivity contribution in [1.82, 2.24) is 14.6 Å². The molecule has 1 aromatic heterocycles. The van der Waals surface area contributed by atoms with Crippen LogP contribution < -0.4 is 40.2 Å². The Labute approximate surface area is 197 Å². The Bertz CT molecular complexity index is 949. The summed E-state index contributed by atoms with van der Waals surface area (Å²) in [5.74, 6) is -2.75. The average Bonchev–Trinajstić information content (AvgIpc) is 3.03. The molecule has 29 heavy (non-hydrogen) atoms. The quantitative estimate of drug-likeness (QED) is 0.101. The second kappa shape index (κ2) is 9.68. The van der Waals surface area contributed by atoms with Gasteiger partial charge in [-0.2, -0.15) is 0 Å². The maximum atomic E-state index is 12.6. The molecule has 3 amide bonds. The minimum absolute atomic E-state index is 0. The molecule has 0 bridgehead atoms. The van der Waals surface area contributed by atoms with Gasteiger partial charge in [0.05, 0.1) is 5.54 Å². The van der Waals surface area contributed by atoms with Crippen molar-refractivity contribution in [3.05, 3.63) is 11.1 Å². The van der Waals surface area contributed by atoms with Gasteiger partial charge in [-0.15, -0.1) is 22.9 Å². The number of nitrogens with zero attached hydrogens (tertiary/aromatic N) is 3. The fraction of sp³-hybridized carbons (Fsp3) is 0.462. The van der Waals surface area contributed by atoms with Gasteiger partial charge in [-0.05, 0) is 13.8 Å². The summed E-state index contributed by atoms with van der Waals surface area (Å²) >= 11 is 6.39. The summed E-state index contributed by atoms with van der Waals surface area (Å²) in [6, 6.07) is -1.28. The first-order valence-electron chi connectivity index (χ1n) is 7.47. The first-order valence-corrected chi connectivity index (χ1v) is 10.2. The summed E-state index contributed by atoms with van der Waals surface area (Å²) in [7, 11) is -3.84. The van der Waals surface area contributed by atoms with Crippen LogP contribution in [0.4, 0.5) is 5.13 Å². The van der Waals surface area contributed by atoms with Gasteiger partial charge in [0.25, 0.3) is 11.8 Å². The van der Waals surface area contributed by atoms with E-state index in [0.29, 0.717) is 0 Å². The molecule has 154 valence electrons. The number of carbonyl (C=O) groups excluding carboxylic acids is 3. The molecule has 1 atom stereocenters. The van der Waals surface area contributed by atoms with E-state index in [1.165, 1.54) is 26.3 Å². The molecule has 0 aliphatic carbocycles. The minimum Gasteiger partial charge on any atom is -0.731 e. The summed E-state index contributed by atoms with van der Waals surface area (Å²) in [4.78, 5) is 44.5. The Morgan fingerprint density at radius 3 is 2.59 bits per heavy atom. The number of alkyl halides is 1. The molecule has 1 aliphatic heterocycles. The molecule has 12 nitrogen and oxygen atoms in total. The molecular weight excluding hydrogens is 461 g/mol. The topological polar surface area (TPSA) is 170 Å².